The van der Waals surface area contributed by atoms with Crippen LogP contribution in [0.3, 0.4) is 0 Å². The van der Waals surface area contributed by atoms with Crippen LogP contribution in [0.1, 0.15) is 8.35 Å². The molecule has 0 fully saturated rings. The summed E-state index contributed by atoms with van der Waals surface area (Å²) in [5.74, 6) is 0. The number of rotatable bonds is 0. The smallest absolute Gasteiger partial charge is 1.00 e. The van der Waals surface area contributed by atoms with Gasteiger partial charge in [-0.1, -0.05) is 6.92 Å². The Hall–Kier alpha value is 1.09. The molecule has 0 saturated carbocycles. The summed E-state index contributed by atoms with van der Waals surface area (Å²) >= 11 is 0.904. The van der Waals surface area contributed by atoms with Crippen LogP contribution in [-0.4, -0.2) is 26.4 Å². The molecule has 1 nitrogen and oxygen atoms in total. The number of aliphatic hydroxyl groups excluding tert-OH is 1. The Bertz CT molecular complexity index is 18.3. The first-order valence-electron chi connectivity index (χ1n) is 1.41. The van der Waals surface area contributed by atoms with Crippen LogP contribution in [0.15, 0.2) is 0 Å². The van der Waals surface area contributed by atoms with Gasteiger partial charge in [0.1, 0.15) is 0 Å². The average Bonchev–Trinajstić information content (AvgIpc) is 0.811. The molecule has 0 heterocycles. The van der Waals surface area contributed by atoms with Gasteiger partial charge in [0.05, 0.1) is 0 Å². The van der Waals surface area contributed by atoms with Gasteiger partial charge in [-0.05, 0) is 4.97 Å². The predicted molar refractivity (Wildman–Crippen MR) is 21.3 cm³/mol. The summed E-state index contributed by atoms with van der Waals surface area (Å²) in [6, 6.07) is 0. The molecule has 0 rings (SSSR count). The van der Waals surface area contributed by atoms with Crippen molar-refractivity contribution in [2.45, 2.75) is 11.9 Å². The molecule has 0 aromatic carbocycles. The second-order valence-corrected chi connectivity index (χ2v) is 2.76. The van der Waals surface area contributed by atoms with Gasteiger partial charge in [0.15, 0.2) is 0 Å². The SMILES string of the molecule is C[CH](O)[AlH2].[H-].[Li+]. The second kappa shape index (κ2) is 5.09. The summed E-state index contributed by atoms with van der Waals surface area (Å²) < 4.78 is 0. The Morgan fingerprint density at radius 3 is 2.00 bits per heavy atom. The summed E-state index contributed by atoms with van der Waals surface area (Å²) in [5, 5.41) is 8.12. The minimum Gasteiger partial charge on any atom is -1.00 e. The molecule has 1 N–H and O–H groups in total. The number of hydrogen-bond acceptors (Lipinski definition) is 1. The number of aliphatic hydroxyl groups is 1. The van der Waals surface area contributed by atoms with Crippen molar-refractivity contribution in [2.75, 3.05) is 0 Å². The zero-order valence-corrected chi connectivity index (χ0v) is 6.02. The second-order valence-electron chi connectivity index (χ2n) is 1.09. The van der Waals surface area contributed by atoms with E-state index in [1.165, 1.54) is 0 Å². The molecule has 3 heteroatoms. The molecule has 0 spiro atoms. The molecule has 0 saturated heterocycles. The van der Waals surface area contributed by atoms with Crippen molar-refractivity contribution in [3.8, 4) is 0 Å². The van der Waals surface area contributed by atoms with Crippen LogP contribution in [0.4, 0.5) is 0 Å². The fourth-order valence-corrected chi connectivity index (χ4v) is 0. The molecule has 0 aromatic rings. The molecular weight excluding hydrogens is 73.9 g/mol. The van der Waals surface area contributed by atoms with Crippen molar-refractivity contribution in [1.29, 1.82) is 0 Å². The van der Waals surface area contributed by atoms with E-state index in [9.17, 15) is 0 Å². The fourth-order valence-electron chi connectivity index (χ4n) is 0. The van der Waals surface area contributed by atoms with Gasteiger partial charge in [0.2, 0.25) is 0 Å². The molecule has 26 valence electrons. The summed E-state index contributed by atoms with van der Waals surface area (Å²) in [5.41, 5.74) is 0. The van der Waals surface area contributed by atoms with Crippen LogP contribution in [0.2, 0.25) is 0 Å². The Labute approximate surface area is 53.8 Å². The first kappa shape index (κ1) is 9.43. The van der Waals surface area contributed by atoms with E-state index in [0.29, 0.717) is 0 Å². The van der Waals surface area contributed by atoms with Gasteiger partial charge >= 0.3 is 18.9 Å². The molecule has 0 aliphatic carbocycles. The zero-order chi connectivity index (χ0) is 3.58. The first-order chi connectivity index (χ1) is 1.73. The average molecular weight is 82.0 g/mol. The van der Waals surface area contributed by atoms with Crippen LogP contribution in [0.25, 0.3) is 0 Å². The topological polar surface area (TPSA) is 20.2 Å². The standard InChI is InChI=1S/C2H5O.Al.Li.3H/c1-2-3;;;;;/h2-3H,1H3;;;;;/q;;+1;;;-1. The van der Waals surface area contributed by atoms with Crippen LogP contribution < -0.4 is 18.9 Å². The molecule has 1 atom stereocenters. The van der Waals surface area contributed by atoms with Crippen LogP contribution in [-0.2, 0) is 0 Å². The third kappa shape index (κ3) is 40.9. The predicted octanol–water partition coefficient (Wildman–Crippen LogP) is -3.93. The fraction of sp³-hybridized carbons (Fsp3) is 1.00. The maximum atomic E-state index is 8.12. The molecule has 0 aliphatic rings. The molecule has 5 heavy (non-hydrogen) atoms. The van der Waals surface area contributed by atoms with Crippen molar-refractivity contribution < 1.29 is 25.4 Å². The van der Waals surface area contributed by atoms with E-state index in [-0.39, 0.29) is 25.3 Å². The van der Waals surface area contributed by atoms with E-state index in [2.05, 4.69) is 0 Å². The maximum Gasteiger partial charge on any atom is 1.00 e. The van der Waals surface area contributed by atoms with E-state index in [1.54, 1.807) is 6.92 Å². The molecule has 0 bridgehead atoms. The Morgan fingerprint density at radius 2 is 2.00 bits per heavy atom. The monoisotopic (exact) mass is 82.1 g/mol. The van der Waals surface area contributed by atoms with E-state index < -0.39 is 0 Å². The minimum absolute atomic E-state index is 0. The van der Waals surface area contributed by atoms with Crippen LogP contribution in [0, 0.1) is 0 Å². The van der Waals surface area contributed by atoms with Gasteiger partial charge in [0, 0.05) is 0 Å². The molecule has 0 radical (unpaired) electrons. The van der Waals surface area contributed by atoms with Gasteiger partial charge in [-0.25, -0.2) is 0 Å². The largest absolute Gasteiger partial charge is 1.00 e. The van der Waals surface area contributed by atoms with Gasteiger partial charge < -0.3 is 6.53 Å². The van der Waals surface area contributed by atoms with Crippen LogP contribution >= 0.6 is 0 Å². The first-order valence-corrected chi connectivity index (χ1v) is 2.57. The molecule has 0 amide bonds. The quantitative estimate of drug-likeness (QED) is 0.296. The van der Waals surface area contributed by atoms with E-state index in [1.807, 2.05) is 0 Å². The Kier molecular flexibility index (Phi) is 9.60. The van der Waals surface area contributed by atoms with E-state index >= 15 is 0 Å². The summed E-state index contributed by atoms with van der Waals surface area (Å²) in [6.45, 7) is 1.78. The summed E-state index contributed by atoms with van der Waals surface area (Å²) in [4.78, 5) is -0.0278. The minimum atomic E-state index is -0.0278. The van der Waals surface area contributed by atoms with E-state index in [0.717, 1.165) is 16.3 Å². The van der Waals surface area contributed by atoms with Crippen LogP contribution in [0.5, 0.6) is 0 Å². The zero-order valence-electron chi connectivity index (χ0n) is 5.02. The Morgan fingerprint density at radius 1 is 2.00 bits per heavy atom. The third-order valence-electron chi connectivity index (χ3n) is 0. The molecular formula is C2H8AlLiO. The molecule has 1 unspecified atom stereocenters. The third-order valence-corrected chi connectivity index (χ3v) is 0. The van der Waals surface area contributed by atoms with Crippen molar-refractivity contribution in [3.05, 3.63) is 0 Å². The maximum absolute atomic E-state index is 8.12. The Balaban J connectivity index is -0.0000000450. The summed E-state index contributed by atoms with van der Waals surface area (Å²) in [6.07, 6.45) is 0. The number of hydrogen-bond donors (Lipinski definition) is 1. The van der Waals surface area contributed by atoms with Crippen molar-refractivity contribution >= 4 is 16.3 Å². The summed E-state index contributed by atoms with van der Waals surface area (Å²) in [7, 11) is 0. The van der Waals surface area contributed by atoms with Crippen molar-refractivity contribution in [2.24, 2.45) is 0 Å². The van der Waals surface area contributed by atoms with E-state index in [4.69, 9.17) is 5.11 Å². The van der Waals surface area contributed by atoms with Gasteiger partial charge in [-0.2, -0.15) is 0 Å². The normalized spacial score (nSPS) is 12.4. The van der Waals surface area contributed by atoms with Crippen molar-refractivity contribution in [1.82, 2.24) is 0 Å². The van der Waals surface area contributed by atoms with Gasteiger partial charge in [-0.15, -0.1) is 0 Å². The van der Waals surface area contributed by atoms with Gasteiger partial charge in [-0.3, -0.25) is 0 Å². The molecule has 0 aromatic heterocycles. The van der Waals surface area contributed by atoms with Gasteiger partial charge in [0.25, 0.3) is 16.3 Å². The molecule has 0 aliphatic heterocycles. The van der Waals surface area contributed by atoms with Crippen molar-refractivity contribution in [3.63, 3.8) is 0 Å².